The zero-order valence-corrected chi connectivity index (χ0v) is 13.0. The van der Waals surface area contributed by atoms with Crippen LogP contribution >= 0.6 is 11.3 Å². The summed E-state index contributed by atoms with van der Waals surface area (Å²) < 4.78 is 2.32. The van der Waals surface area contributed by atoms with Crippen LogP contribution in [-0.2, 0) is 19.5 Å². The molecule has 5 heteroatoms. The molecule has 3 heterocycles. The van der Waals surface area contributed by atoms with Crippen molar-refractivity contribution in [1.82, 2.24) is 19.9 Å². The predicted octanol–water partition coefficient (Wildman–Crippen LogP) is 2.88. The number of aromatic nitrogens is 3. The average molecular weight is 290 g/mol. The molecule has 1 N–H and O–H groups in total. The third-order valence-electron chi connectivity index (χ3n) is 3.84. The summed E-state index contributed by atoms with van der Waals surface area (Å²) in [4.78, 5) is 9.28. The minimum Gasteiger partial charge on any atom is -0.334 e. The Morgan fingerprint density at radius 1 is 1.45 bits per heavy atom. The lowest BCUT2D eigenvalue weighted by Gasteiger charge is -2.23. The fourth-order valence-electron chi connectivity index (χ4n) is 2.87. The lowest BCUT2D eigenvalue weighted by Crippen LogP contribution is -2.26. The molecule has 1 atom stereocenters. The van der Waals surface area contributed by atoms with Gasteiger partial charge in [-0.25, -0.2) is 9.97 Å². The maximum atomic E-state index is 4.69. The topological polar surface area (TPSA) is 42.7 Å². The number of aryl methyl sites for hydroxylation is 3. The molecule has 0 saturated carbocycles. The Morgan fingerprint density at radius 3 is 3.15 bits per heavy atom. The summed E-state index contributed by atoms with van der Waals surface area (Å²) in [5.74, 6) is 1.80. The van der Waals surface area contributed by atoms with Gasteiger partial charge in [0, 0.05) is 37.1 Å². The lowest BCUT2D eigenvalue weighted by molar-refractivity contribution is 0.422. The van der Waals surface area contributed by atoms with E-state index in [0.29, 0.717) is 5.92 Å². The zero-order valence-electron chi connectivity index (χ0n) is 12.2. The Kier molecular flexibility index (Phi) is 4.17. The molecule has 1 aliphatic rings. The summed E-state index contributed by atoms with van der Waals surface area (Å²) in [5.41, 5.74) is 2.31. The second kappa shape index (κ2) is 6.06. The van der Waals surface area contributed by atoms with E-state index >= 15 is 0 Å². The first-order valence-corrected chi connectivity index (χ1v) is 8.32. The second-order valence-electron chi connectivity index (χ2n) is 5.49. The smallest absolute Gasteiger partial charge is 0.113 e. The molecule has 2 aromatic rings. The normalized spacial score (nSPS) is 18.2. The number of hydrogen-bond donors (Lipinski definition) is 1. The SMILES string of the molecule is CCc1nc(CNC[C@H]2CCCn3cc(C)nc32)cs1. The molecular weight excluding hydrogens is 268 g/mol. The van der Waals surface area contributed by atoms with E-state index in [1.807, 2.05) is 0 Å². The molecule has 1 aliphatic heterocycles. The van der Waals surface area contributed by atoms with Gasteiger partial charge in [-0.2, -0.15) is 0 Å². The van der Waals surface area contributed by atoms with Crippen LogP contribution in [0.3, 0.4) is 0 Å². The highest BCUT2D eigenvalue weighted by Crippen LogP contribution is 2.26. The quantitative estimate of drug-likeness (QED) is 0.920. The lowest BCUT2D eigenvalue weighted by atomic mass is 9.99. The fourth-order valence-corrected chi connectivity index (χ4v) is 3.61. The van der Waals surface area contributed by atoms with Crippen molar-refractivity contribution in [3.8, 4) is 0 Å². The molecule has 0 aromatic carbocycles. The Balaban J connectivity index is 1.56. The number of rotatable bonds is 5. The van der Waals surface area contributed by atoms with Crippen LogP contribution in [-0.4, -0.2) is 21.1 Å². The molecule has 0 saturated heterocycles. The van der Waals surface area contributed by atoms with Gasteiger partial charge in [-0.15, -0.1) is 11.3 Å². The summed E-state index contributed by atoms with van der Waals surface area (Å²) in [6.07, 6.45) is 5.70. The first-order valence-electron chi connectivity index (χ1n) is 7.44. The van der Waals surface area contributed by atoms with E-state index in [9.17, 15) is 0 Å². The van der Waals surface area contributed by atoms with E-state index in [1.54, 1.807) is 11.3 Å². The maximum Gasteiger partial charge on any atom is 0.113 e. The van der Waals surface area contributed by atoms with Crippen LogP contribution in [0.4, 0.5) is 0 Å². The molecule has 4 nitrogen and oxygen atoms in total. The van der Waals surface area contributed by atoms with Crippen molar-refractivity contribution < 1.29 is 0 Å². The van der Waals surface area contributed by atoms with Crippen molar-refractivity contribution >= 4 is 11.3 Å². The largest absolute Gasteiger partial charge is 0.334 e. The van der Waals surface area contributed by atoms with Crippen LogP contribution in [0.2, 0.25) is 0 Å². The molecule has 0 spiro atoms. The number of nitrogens with one attached hydrogen (secondary N) is 1. The van der Waals surface area contributed by atoms with Crippen molar-refractivity contribution in [1.29, 1.82) is 0 Å². The molecule has 108 valence electrons. The van der Waals surface area contributed by atoms with Crippen molar-refractivity contribution in [2.24, 2.45) is 0 Å². The number of nitrogens with zero attached hydrogens (tertiary/aromatic N) is 3. The van der Waals surface area contributed by atoms with Gasteiger partial charge in [0.15, 0.2) is 0 Å². The minimum absolute atomic E-state index is 0.543. The third kappa shape index (κ3) is 2.94. The van der Waals surface area contributed by atoms with E-state index in [-0.39, 0.29) is 0 Å². The van der Waals surface area contributed by atoms with Crippen LogP contribution in [0, 0.1) is 6.92 Å². The minimum atomic E-state index is 0.543. The molecule has 0 unspecified atom stereocenters. The van der Waals surface area contributed by atoms with Crippen LogP contribution in [0.5, 0.6) is 0 Å². The standard InChI is InChI=1S/C15H22N4S/c1-3-14-18-13(10-20-14)8-16-7-12-5-4-6-19-9-11(2)17-15(12)19/h9-10,12,16H,3-8H2,1-2H3/t12-/m1/s1. The number of hydrogen-bond acceptors (Lipinski definition) is 4. The molecule has 0 aliphatic carbocycles. The summed E-state index contributed by atoms with van der Waals surface area (Å²) in [5, 5.41) is 6.94. The van der Waals surface area contributed by atoms with E-state index < -0.39 is 0 Å². The Hall–Kier alpha value is -1.20. The molecule has 20 heavy (non-hydrogen) atoms. The molecule has 0 bridgehead atoms. The second-order valence-corrected chi connectivity index (χ2v) is 6.43. The summed E-state index contributed by atoms with van der Waals surface area (Å²) >= 11 is 1.76. The Bertz CT molecular complexity index is 572. The van der Waals surface area contributed by atoms with Crippen molar-refractivity contribution in [2.75, 3.05) is 6.54 Å². The van der Waals surface area contributed by atoms with Gasteiger partial charge in [0.25, 0.3) is 0 Å². The van der Waals surface area contributed by atoms with Gasteiger partial charge < -0.3 is 9.88 Å². The summed E-state index contributed by atoms with van der Waals surface area (Å²) in [6, 6.07) is 0. The highest BCUT2D eigenvalue weighted by atomic mass is 32.1. The van der Waals surface area contributed by atoms with E-state index in [1.165, 1.54) is 29.4 Å². The van der Waals surface area contributed by atoms with Crippen molar-refractivity contribution in [2.45, 2.75) is 52.1 Å². The van der Waals surface area contributed by atoms with Gasteiger partial charge in [-0.05, 0) is 26.2 Å². The molecule has 0 amide bonds. The van der Waals surface area contributed by atoms with Crippen molar-refractivity contribution in [3.63, 3.8) is 0 Å². The highest BCUT2D eigenvalue weighted by molar-refractivity contribution is 7.09. The van der Waals surface area contributed by atoms with E-state index in [4.69, 9.17) is 0 Å². The first kappa shape index (κ1) is 13.8. The summed E-state index contributed by atoms with van der Waals surface area (Å²) in [7, 11) is 0. The van der Waals surface area contributed by atoms with Gasteiger partial charge in [0.1, 0.15) is 5.82 Å². The number of thiazole rings is 1. The predicted molar refractivity (Wildman–Crippen MR) is 82.1 cm³/mol. The molecule has 0 fully saturated rings. The molecule has 2 aromatic heterocycles. The molecular formula is C15H22N4S. The fraction of sp³-hybridized carbons (Fsp3) is 0.600. The average Bonchev–Trinajstić information content (AvgIpc) is 3.04. The van der Waals surface area contributed by atoms with E-state index in [0.717, 1.165) is 31.7 Å². The van der Waals surface area contributed by atoms with Gasteiger partial charge in [0.2, 0.25) is 0 Å². The van der Waals surface area contributed by atoms with E-state index in [2.05, 4.69) is 45.3 Å². The molecule has 3 rings (SSSR count). The maximum absolute atomic E-state index is 4.69. The number of imidazole rings is 1. The van der Waals surface area contributed by atoms with Gasteiger partial charge in [-0.1, -0.05) is 6.92 Å². The van der Waals surface area contributed by atoms with Gasteiger partial charge >= 0.3 is 0 Å². The van der Waals surface area contributed by atoms with Crippen LogP contribution in [0.1, 0.15) is 47.9 Å². The zero-order chi connectivity index (χ0) is 13.9. The van der Waals surface area contributed by atoms with Crippen LogP contribution < -0.4 is 5.32 Å². The van der Waals surface area contributed by atoms with Gasteiger partial charge in [-0.3, -0.25) is 0 Å². The monoisotopic (exact) mass is 290 g/mol. The van der Waals surface area contributed by atoms with Gasteiger partial charge in [0.05, 0.1) is 16.4 Å². The third-order valence-corrected chi connectivity index (χ3v) is 4.89. The van der Waals surface area contributed by atoms with Crippen LogP contribution in [0.15, 0.2) is 11.6 Å². The number of fused-ring (bicyclic) bond motifs is 1. The Morgan fingerprint density at radius 2 is 2.35 bits per heavy atom. The van der Waals surface area contributed by atoms with Crippen LogP contribution in [0.25, 0.3) is 0 Å². The first-order chi connectivity index (χ1) is 9.76. The summed E-state index contributed by atoms with van der Waals surface area (Å²) in [6.45, 7) is 7.22. The Labute approximate surface area is 124 Å². The van der Waals surface area contributed by atoms with Crippen molar-refractivity contribution in [3.05, 3.63) is 33.8 Å². The molecule has 0 radical (unpaired) electrons. The highest BCUT2D eigenvalue weighted by Gasteiger charge is 2.21.